The number of rotatable bonds is 5. The monoisotopic (exact) mass is 408 g/mol. The normalized spacial score (nSPS) is 11.0. The van der Waals surface area contributed by atoms with Gasteiger partial charge in [0.15, 0.2) is 5.16 Å². The van der Waals surface area contributed by atoms with Crippen LogP contribution in [-0.2, 0) is 4.79 Å². The molecule has 0 aliphatic carbocycles. The maximum atomic E-state index is 13.4. The highest BCUT2D eigenvalue weighted by Gasteiger charge is 2.16. The first kappa shape index (κ1) is 18.9. The number of anilines is 1. The molecule has 0 aliphatic heterocycles. The number of hydrogen-bond acceptors (Lipinski definition) is 4. The highest BCUT2D eigenvalue weighted by atomic mass is 32.2. The lowest BCUT2D eigenvalue weighted by atomic mass is 10.3. The Morgan fingerprint density at radius 2 is 1.90 bits per heavy atom. The Hall–Kier alpha value is -3.39. The van der Waals surface area contributed by atoms with Crippen LogP contribution in [0.25, 0.3) is 16.7 Å². The van der Waals surface area contributed by atoms with E-state index < -0.39 is 5.82 Å². The fourth-order valence-corrected chi connectivity index (χ4v) is 3.75. The molecule has 146 valence electrons. The summed E-state index contributed by atoms with van der Waals surface area (Å²) in [5.74, 6) is -0.549. The predicted octanol–water partition coefficient (Wildman–Crippen LogP) is 3.89. The number of nitrogens with one attached hydrogen (secondary N) is 2. The molecule has 4 aromatic rings. The molecule has 0 radical (unpaired) electrons. The summed E-state index contributed by atoms with van der Waals surface area (Å²) >= 11 is 1.14. The van der Waals surface area contributed by atoms with E-state index in [1.165, 1.54) is 28.8 Å². The molecule has 0 aliphatic rings. The summed E-state index contributed by atoms with van der Waals surface area (Å²) in [4.78, 5) is 33.0. The molecule has 0 fully saturated rings. The van der Waals surface area contributed by atoms with E-state index >= 15 is 0 Å². The molecule has 2 N–H and O–H groups in total. The lowest BCUT2D eigenvalue weighted by molar-refractivity contribution is -0.113. The number of carbonyl (C=O) groups is 1. The number of thioether (sulfide) groups is 1. The number of para-hydroxylation sites is 1. The van der Waals surface area contributed by atoms with E-state index in [4.69, 9.17) is 0 Å². The van der Waals surface area contributed by atoms with Gasteiger partial charge in [0.05, 0.1) is 17.0 Å². The lowest BCUT2D eigenvalue weighted by Crippen LogP contribution is -2.23. The van der Waals surface area contributed by atoms with Crippen LogP contribution in [0.4, 0.5) is 10.1 Å². The zero-order chi connectivity index (χ0) is 20.4. The van der Waals surface area contributed by atoms with E-state index in [1.807, 2.05) is 25.1 Å². The van der Waals surface area contributed by atoms with Crippen LogP contribution in [0.2, 0.25) is 0 Å². The minimum atomic E-state index is -0.400. The number of aryl methyl sites for hydroxylation is 1. The van der Waals surface area contributed by atoms with Crippen molar-refractivity contribution in [2.24, 2.45) is 0 Å². The largest absolute Gasteiger partial charge is 0.353 e. The van der Waals surface area contributed by atoms with E-state index in [0.29, 0.717) is 27.6 Å². The summed E-state index contributed by atoms with van der Waals surface area (Å²) < 4.78 is 14.7. The van der Waals surface area contributed by atoms with Crippen molar-refractivity contribution in [3.05, 3.63) is 82.5 Å². The van der Waals surface area contributed by atoms with Gasteiger partial charge in [0, 0.05) is 11.4 Å². The van der Waals surface area contributed by atoms with Crippen molar-refractivity contribution in [3.63, 3.8) is 0 Å². The maximum Gasteiger partial charge on any atom is 0.283 e. The number of carbonyl (C=O) groups excluding carboxylic acids is 1. The van der Waals surface area contributed by atoms with Crippen LogP contribution < -0.4 is 10.9 Å². The van der Waals surface area contributed by atoms with Crippen LogP contribution in [0.1, 0.15) is 5.69 Å². The van der Waals surface area contributed by atoms with Crippen molar-refractivity contribution in [3.8, 4) is 5.69 Å². The Balaban J connectivity index is 1.68. The van der Waals surface area contributed by atoms with Crippen LogP contribution >= 0.6 is 11.8 Å². The molecule has 8 heteroatoms. The minimum absolute atomic E-state index is 0.0669. The molecule has 0 unspecified atom stereocenters. The average Bonchev–Trinajstić information content (AvgIpc) is 3.09. The number of aromatic nitrogens is 3. The molecule has 2 aromatic heterocycles. The van der Waals surface area contributed by atoms with Crippen molar-refractivity contribution < 1.29 is 9.18 Å². The molecule has 0 bridgehead atoms. The van der Waals surface area contributed by atoms with Gasteiger partial charge in [-0.25, -0.2) is 9.37 Å². The molecule has 4 rings (SSSR count). The van der Waals surface area contributed by atoms with E-state index in [0.717, 1.165) is 17.5 Å². The van der Waals surface area contributed by atoms with Gasteiger partial charge in [0.2, 0.25) is 5.91 Å². The van der Waals surface area contributed by atoms with E-state index in [-0.39, 0.29) is 17.2 Å². The summed E-state index contributed by atoms with van der Waals surface area (Å²) in [6.45, 7) is 1.84. The van der Waals surface area contributed by atoms with Gasteiger partial charge in [-0.1, -0.05) is 30.0 Å². The van der Waals surface area contributed by atoms with Crippen LogP contribution in [0, 0.1) is 12.7 Å². The molecule has 1 amide bonds. The van der Waals surface area contributed by atoms with Gasteiger partial charge in [-0.05, 0) is 49.4 Å². The second-order valence-electron chi connectivity index (χ2n) is 6.43. The SMILES string of the molecule is Cc1cc2nc(SCC(=O)Nc3ccccc3)n(-c3ccc(F)cc3)c(=O)c2[nH]1. The van der Waals surface area contributed by atoms with E-state index in [2.05, 4.69) is 15.3 Å². The standard InChI is InChI=1S/C21H17FN4O2S/c1-13-11-17-19(23-13)20(28)26(16-9-7-14(22)8-10-16)21(25-17)29-12-18(27)24-15-5-3-2-4-6-15/h2-11,23H,12H2,1H3,(H,24,27). The second-order valence-corrected chi connectivity index (χ2v) is 7.37. The zero-order valence-corrected chi connectivity index (χ0v) is 16.3. The average molecular weight is 408 g/mol. The molecule has 0 saturated carbocycles. The van der Waals surface area contributed by atoms with Crippen LogP contribution in [0.5, 0.6) is 0 Å². The number of fused-ring (bicyclic) bond motifs is 1. The third-order valence-electron chi connectivity index (χ3n) is 4.23. The number of halogens is 1. The zero-order valence-electron chi connectivity index (χ0n) is 15.5. The molecule has 2 heterocycles. The van der Waals surface area contributed by atoms with Gasteiger partial charge in [0.25, 0.3) is 5.56 Å². The van der Waals surface area contributed by atoms with Crippen molar-refractivity contribution >= 4 is 34.4 Å². The van der Waals surface area contributed by atoms with Crippen LogP contribution in [0.15, 0.2) is 70.6 Å². The van der Waals surface area contributed by atoms with Crippen molar-refractivity contribution in [2.45, 2.75) is 12.1 Å². The maximum absolute atomic E-state index is 13.4. The van der Waals surface area contributed by atoms with Crippen LogP contribution in [0.3, 0.4) is 0 Å². The van der Waals surface area contributed by atoms with Gasteiger partial charge in [-0.2, -0.15) is 0 Å². The molecule has 0 saturated heterocycles. The molecule has 6 nitrogen and oxygen atoms in total. The molecule has 0 spiro atoms. The quantitative estimate of drug-likeness (QED) is 0.388. The topological polar surface area (TPSA) is 79.8 Å². The Labute approximate surface area is 169 Å². The minimum Gasteiger partial charge on any atom is -0.353 e. The van der Waals surface area contributed by atoms with Gasteiger partial charge >= 0.3 is 0 Å². The first-order valence-electron chi connectivity index (χ1n) is 8.87. The smallest absolute Gasteiger partial charge is 0.283 e. The summed E-state index contributed by atoms with van der Waals surface area (Å²) in [6, 6.07) is 16.5. The Morgan fingerprint density at radius 3 is 2.62 bits per heavy atom. The molecular weight excluding hydrogens is 391 g/mol. The van der Waals surface area contributed by atoms with Crippen molar-refractivity contribution in [1.29, 1.82) is 0 Å². The Bertz CT molecular complexity index is 1230. The van der Waals surface area contributed by atoms with E-state index in [1.54, 1.807) is 18.2 Å². The highest BCUT2D eigenvalue weighted by molar-refractivity contribution is 7.99. The first-order valence-corrected chi connectivity index (χ1v) is 9.86. The second kappa shape index (κ2) is 7.92. The summed E-state index contributed by atoms with van der Waals surface area (Å²) in [7, 11) is 0. The van der Waals surface area contributed by atoms with Crippen molar-refractivity contribution in [2.75, 3.05) is 11.1 Å². The number of benzene rings is 2. The summed E-state index contributed by atoms with van der Waals surface area (Å²) in [5, 5.41) is 3.16. The van der Waals surface area contributed by atoms with Gasteiger partial charge in [-0.3, -0.25) is 14.2 Å². The van der Waals surface area contributed by atoms with Crippen molar-refractivity contribution in [1.82, 2.24) is 14.5 Å². The third kappa shape index (κ3) is 4.07. The molecule has 29 heavy (non-hydrogen) atoms. The molecule has 2 aromatic carbocycles. The molecular formula is C21H17FN4O2S. The summed E-state index contributed by atoms with van der Waals surface area (Å²) in [6.07, 6.45) is 0. The van der Waals surface area contributed by atoms with E-state index in [9.17, 15) is 14.0 Å². The number of nitrogens with zero attached hydrogens (tertiary/aromatic N) is 2. The first-order chi connectivity index (χ1) is 14.0. The highest BCUT2D eigenvalue weighted by Crippen LogP contribution is 2.22. The summed E-state index contributed by atoms with van der Waals surface area (Å²) in [5.41, 5.74) is 2.56. The lowest BCUT2D eigenvalue weighted by Gasteiger charge is -2.12. The number of hydrogen-bond donors (Lipinski definition) is 2. The third-order valence-corrected chi connectivity index (χ3v) is 5.17. The number of amides is 1. The fourth-order valence-electron chi connectivity index (χ4n) is 2.94. The van der Waals surface area contributed by atoms with Crippen LogP contribution in [-0.4, -0.2) is 26.2 Å². The van der Waals surface area contributed by atoms with Gasteiger partial charge < -0.3 is 10.3 Å². The predicted molar refractivity (Wildman–Crippen MR) is 112 cm³/mol. The Morgan fingerprint density at radius 1 is 1.17 bits per heavy atom. The Kier molecular flexibility index (Phi) is 5.18. The van der Waals surface area contributed by atoms with Gasteiger partial charge in [0.1, 0.15) is 11.3 Å². The number of H-pyrrole nitrogens is 1. The van der Waals surface area contributed by atoms with Gasteiger partial charge in [-0.15, -0.1) is 0 Å². The number of aromatic amines is 1. The fraction of sp³-hybridized carbons (Fsp3) is 0.0952. The molecule has 0 atom stereocenters.